The lowest BCUT2D eigenvalue weighted by molar-refractivity contribution is 0.353. The molecule has 5 unspecified atom stereocenters. The van der Waals surface area contributed by atoms with Gasteiger partial charge in [0.1, 0.15) is 0 Å². The fourth-order valence-corrected chi connectivity index (χ4v) is 6.07. The van der Waals surface area contributed by atoms with Gasteiger partial charge in [0.25, 0.3) is 0 Å². The third-order valence-electron chi connectivity index (χ3n) is 9.11. The minimum Gasteiger partial charge on any atom is -0.504 e. The van der Waals surface area contributed by atoms with E-state index in [0.29, 0.717) is 17.1 Å². The molecule has 4 aromatic carbocycles. The monoisotopic (exact) mass is 798 g/mol. The standard InChI is InChI=1S/C20H21F5O2.C18H17F5O2.CH4.H3P/c1-5-11(15-16(21)18(23)20(25)19(24)17(15)22)8-10(2)12-6-7-13(26-3)14(9-12)27-4;1-3-9(6-8(2)10-4-5-11(24)12(25)7-10)13-14(19)16(21)18(23)17(22)15(13)20;;/h6-7,9-11H,5,8H2,1-4H3;4-5,7-9,24-25H,3,6H2,1-2H3;1H4;1H3. The van der Waals surface area contributed by atoms with Crippen LogP contribution in [0, 0.1) is 58.2 Å². The van der Waals surface area contributed by atoms with Crippen molar-refractivity contribution in [2.45, 2.75) is 84.5 Å². The Bertz CT molecular complexity index is 1830. The van der Waals surface area contributed by atoms with Crippen LogP contribution in [-0.4, -0.2) is 24.4 Å². The minimum atomic E-state index is -2.18. The Morgan fingerprint density at radius 1 is 0.500 bits per heavy atom. The molecule has 0 aromatic heterocycles. The van der Waals surface area contributed by atoms with Crippen LogP contribution in [0.15, 0.2) is 36.4 Å². The Balaban J connectivity index is 0.000000522. The smallest absolute Gasteiger partial charge is 0.200 e. The van der Waals surface area contributed by atoms with Gasteiger partial charge in [0.15, 0.2) is 69.5 Å². The third-order valence-corrected chi connectivity index (χ3v) is 9.11. The number of hydrogen-bond acceptors (Lipinski definition) is 4. The third kappa shape index (κ3) is 10.1. The Morgan fingerprint density at radius 2 is 0.833 bits per heavy atom. The average Bonchev–Trinajstić information content (AvgIpc) is 3.14. The van der Waals surface area contributed by atoms with Crippen LogP contribution in [-0.2, 0) is 0 Å². The van der Waals surface area contributed by atoms with Crippen molar-refractivity contribution >= 4 is 9.90 Å². The molecule has 0 aliphatic rings. The molecule has 4 nitrogen and oxygen atoms in total. The topological polar surface area (TPSA) is 58.9 Å². The zero-order valence-electron chi connectivity index (χ0n) is 29.8. The molecule has 0 radical (unpaired) electrons. The quantitative estimate of drug-likeness (QED) is 0.0493. The molecule has 0 spiro atoms. The largest absolute Gasteiger partial charge is 0.504 e. The molecule has 0 heterocycles. The molecule has 300 valence electrons. The van der Waals surface area contributed by atoms with Crippen LogP contribution in [0.4, 0.5) is 43.9 Å². The summed E-state index contributed by atoms with van der Waals surface area (Å²) in [5.74, 6) is -21.2. The van der Waals surface area contributed by atoms with Crippen LogP contribution in [0.5, 0.6) is 23.0 Å². The Hall–Kier alpha value is -4.19. The van der Waals surface area contributed by atoms with Crippen LogP contribution in [0.2, 0.25) is 0 Å². The zero-order valence-corrected chi connectivity index (χ0v) is 31.2. The van der Waals surface area contributed by atoms with E-state index >= 15 is 0 Å². The molecule has 0 aliphatic heterocycles. The lowest BCUT2D eigenvalue weighted by Crippen LogP contribution is -2.13. The number of ether oxygens (including phenoxy) is 2. The average molecular weight is 799 g/mol. The van der Waals surface area contributed by atoms with Gasteiger partial charge in [-0.2, -0.15) is 9.90 Å². The highest BCUT2D eigenvalue weighted by Crippen LogP contribution is 2.40. The summed E-state index contributed by atoms with van der Waals surface area (Å²) in [5.41, 5.74) is -0.220. The summed E-state index contributed by atoms with van der Waals surface area (Å²) in [5, 5.41) is 18.9. The molecule has 2 N–H and O–H groups in total. The van der Waals surface area contributed by atoms with Gasteiger partial charge >= 0.3 is 0 Å². The number of methoxy groups -OCH3 is 2. The number of benzene rings is 4. The maximum atomic E-state index is 14.2. The van der Waals surface area contributed by atoms with Crippen molar-refractivity contribution in [2.75, 3.05) is 14.2 Å². The van der Waals surface area contributed by atoms with Crippen molar-refractivity contribution in [1.82, 2.24) is 0 Å². The van der Waals surface area contributed by atoms with E-state index in [4.69, 9.17) is 9.47 Å². The second-order valence-corrected chi connectivity index (χ2v) is 12.3. The zero-order chi connectivity index (χ0) is 39.2. The number of rotatable bonds is 12. The Morgan fingerprint density at radius 3 is 1.17 bits per heavy atom. The van der Waals surface area contributed by atoms with E-state index in [1.807, 2.05) is 6.92 Å². The fourth-order valence-electron chi connectivity index (χ4n) is 6.07. The second-order valence-electron chi connectivity index (χ2n) is 12.3. The molecule has 5 atom stereocenters. The number of aromatic hydroxyl groups is 2. The fraction of sp³-hybridized carbons (Fsp3) is 0.385. The summed E-state index contributed by atoms with van der Waals surface area (Å²) in [6.07, 6.45) is 0.673. The molecule has 0 aliphatic carbocycles. The molecule has 4 rings (SSSR count). The SMILES string of the molecule is C.CCC(CC(C)c1ccc(O)c(O)c1)c1c(F)c(F)c(F)c(F)c1F.CCC(CC(C)c1ccc(OC)c(OC)c1)c1c(F)c(F)c(F)c(F)c1F.P. The van der Waals surface area contributed by atoms with E-state index < -0.39 is 81.1 Å². The second kappa shape index (κ2) is 20.5. The molecule has 15 heteroatoms. The summed E-state index contributed by atoms with van der Waals surface area (Å²) in [4.78, 5) is 0. The maximum absolute atomic E-state index is 14.2. The van der Waals surface area contributed by atoms with Crippen LogP contribution >= 0.6 is 9.90 Å². The normalized spacial score (nSPS) is 13.0. The van der Waals surface area contributed by atoms with Crippen molar-refractivity contribution in [1.29, 1.82) is 0 Å². The van der Waals surface area contributed by atoms with Gasteiger partial charge in [-0.05, 0) is 84.7 Å². The first-order valence-electron chi connectivity index (χ1n) is 16.2. The van der Waals surface area contributed by atoms with E-state index in [9.17, 15) is 54.1 Å². The summed E-state index contributed by atoms with van der Waals surface area (Å²) >= 11 is 0. The molecule has 0 saturated heterocycles. The summed E-state index contributed by atoms with van der Waals surface area (Å²) in [6, 6.07) is 9.28. The summed E-state index contributed by atoms with van der Waals surface area (Å²) in [6.45, 7) is 6.74. The molecule has 4 aromatic rings. The molecular formula is C39H45F10O4P. The first-order chi connectivity index (χ1) is 24.4. The van der Waals surface area contributed by atoms with Gasteiger partial charge in [0.05, 0.1) is 14.2 Å². The number of hydrogen-bond donors (Lipinski definition) is 2. The predicted octanol–water partition coefficient (Wildman–Crippen LogP) is 12.3. The first-order valence-corrected chi connectivity index (χ1v) is 16.2. The van der Waals surface area contributed by atoms with Gasteiger partial charge in [-0.1, -0.05) is 47.3 Å². The van der Waals surface area contributed by atoms with E-state index in [1.165, 1.54) is 32.4 Å². The van der Waals surface area contributed by atoms with Crippen molar-refractivity contribution in [3.05, 3.63) is 117 Å². The molecule has 0 fully saturated rings. The highest BCUT2D eigenvalue weighted by atomic mass is 31.0. The van der Waals surface area contributed by atoms with E-state index in [0.717, 1.165) is 5.56 Å². The van der Waals surface area contributed by atoms with Crippen molar-refractivity contribution in [3.8, 4) is 23.0 Å². The van der Waals surface area contributed by atoms with Crippen LogP contribution < -0.4 is 9.47 Å². The van der Waals surface area contributed by atoms with Crippen molar-refractivity contribution in [2.24, 2.45) is 0 Å². The highest BCUT2D eigenvalue weighted by molar-refractivity contribution is 6.92. The molecule has 0 bridgehead atoms. The van der Waals surface area contributed by atoms with E-state index in [-0.39, 0.29) is 66.3 Å². The Kier molecular flexibility index (Phi) is 18.1. The first kappa shape index (κ1) is 47.8. The number of phenols is 2. The lowest BCUT2D eigenvalue weighted by Gasteiger charge is -2.22. The van der Waals surface area contributed by atoms with Gasteiger partial charge in [0, 0.05) is 11.1 Å². The molecular weight excluding hydrogens is 753 g/mol. The van der Waals surface area contributed by atoms with Gasteiger partial charge in [0.2, 0.25) is 11.6 Å². The number of halogens is 10. The van der Waals surface area contributed by atoms with Crippen molar-refractivity contribution in [3.63, 3.8) is 0 Å². The van der Waals surface area contributed by atoms with Gasteiger partial charge in [-0.3, -0.25) is 0 Å². The minimum absolute atomic E-state index is 0. The Labute approximate surface area is 311 Å². The van der Waals surface area contributed by atoms with Gasteiger partial charge in [-0.25, -0.2) is 43.9 Å². The lowest BCUT2D eigenvalue weighted by atomic mass is 9.84. The van der Waals surface area contributed by atoms with Gasteiger partial charge in [-0.15, -0.1) is 0 Å². The van der Waals surface area contributed by atoms with E-state index in [1.54, 1.807) is 39.0 Å². The summed E-state index contributed by atoms with van der Waals surface area (Å²) in [7, 11) is 2.98. The van der Waals surface area contributed by atoms with Gasteiger partial charge < -0.3 is 19.7 Å². The van der Waals surface area contributed by atoms with Crippen LogP contribution in [0.25, 0.3) is 0 Å². The molecule has 54 heavy (non-hydrogen) atoms. The highest BCUT2D eigenvalue weighted by Gasteiger charge is 2.32. The summed E-state index contributed by atoms with van der Waals surface area (Å²) < 4.78 is 147. The maximum Gasteiger partial charge on any atom is 0.200 e. The predicted molar refractivity (Wildman–Crippen MR) is 192 cm³/mol. The molecule has 0 amide bonds. The molecule has 0 saturated carbocycles. The van der Waals surface area contributed by atoms with E-state index in [2.05, 4.69) is 0 Å². The van der Waals surface area contributed by atoms with Crippen LogP contribution in [0.3, 0.4) is 0 Å². The van der Waals surface area contributed by atoms with Crippen LogP contribution in [0.1, 0.15) is 107 Å². The number of phenolic OH excluding ortho intramolecular Hbond substituents is 2. The van der Waals surface area contributed by atoms with Crippen molar-refractivity contribution < 1.29 is 63.6 Å².